The number of rotatable bonds is 10. The number of H-pyrrole nitrogens is 2. The number of sulfonamides is 2. The second-order valence-electron chi connectivity index (χ2n) is 13.9. The standard InChI is InChI=1S/C21H18FN5O5S2.C20H15ClFN5O5S2.K.Na/c1-11-3-8-18(33-11)34(31,32)26-20(29)24-12-4-6-13(7-5-12)27-19(28)14-9-15(22)17(23-2)10-16(14)25-21(27)30;1-23-15-9-14-12(8-13(15)22)18(28)27(20(30)25-14)11-4-2-10(3-5-11)24-19(29)26-34(31,32)17-7-6-16(21)33-17;;/h3-10,23H,1-2H3,(H,25,30)(H2,24,26,29);2-9,23H,1H3,(H,25,30)(H2,24,26,29);;/q;;2*+1/p-2. The molecule has 0 amide bonds. The van der Waals surface area contributed by atoms with Crippen LogP contribution in [0.1, 0.15) is 4.88 Å². The van der Waals surface area contributed by atoms with E-state index in [0.717, 1.165) is 48.8 Å². The molecule has 20 nitrogen and oxygen atoms in total. The predicted octanol–water partition coefficient (Wildman–Crippen LogP) is -2.15. The molecule has 4 aromatic heterocycles. The Balaban J connectivity index is 0.000000254. The van der Waals surface area contributed by atoms with Crippen LogP contribution in [0.2, 0.25) is 4.34 Å². The molecule has 8 aromatic rings. The first-order chi connectivity index (χ1) is 32.2. The topological polar surface area (TPSA) is 297 Å². The van der Waals surface area contributed by atoms with Crippen molar-refractivity contribution in [1.29, 1.82) is 0 Å². The fraction of sp³-hybridized carbons (Fsp3) is 0.0732. The van der Waals surface area contributed by atoms with Crippen LogP contribution in [0.3, 0.4) is 0 Å². The summed E-state index contributed by atoms with van der Waals surface area (Å²) in [6, 6.07) is 18.9. The van der Waals surface area contributed by atoms with Gasteiger partial charge in [0.05, 0.1) is 60.9 Å². The summed E-state index contributed by atoms with van der Waals surface area (Å²) in [7, 11) is -5.36. The van der Waals surface area contributed by atoms with Gasteiger partial charge in [-0.05, 0) is 104 Å². The number of fused-ring (bicyclic) bond motifs is 2. The third kappa shape index (κ3) is 12.5. The van der Waals surface area contributed by atoms with Gasteiger partial charge < -0.3 is 41.4 Å². The maximum absolute atomic E-state index is 14.1. The molecule has 0 saturated carbocycles. The first kappa shape index (κ1) is 55.9. The van der Waals surface area contributed by atoms with E-state index in [1.165, 1.54) is 93.0 Å². The molecule has 70 heavy (non-hydrogen) atoms. The molecule has 0 unspecified atom stereocenters. The zero-order valence-corrected chi connectivity index (χ0v) is 46.0. The number of aromatic nitrogens is 4. The van der Waals surface area contributed by atoms with Crippen molar-refractivity contribution in [2.75, 3.05) is 35.4 Å². The maximum Gasteiger partial charge on any atom is 1.00 e. The number of hydrogen-bond donors (Lipinski definition) is 6. The van der Waals surface area contributed by atoms with E-state index in [0.29, 0.717) is 0 Å². The summed E-state index contributed by atoms with van der Waals surface area (Å²) in [6.07, 6.45) is 0. The van der Waals surface area contributed by atoms with Crippen molar-refractivity contribution in [1.82, 2.24) is 19.1 Å². The van der Waals surface area contributed by atoms with E-state index < -0.39 is 66.2 Å². The fourth-order valence-corrected chi connectivity index (χ4v) is 10.7. The van der Waals surface area contributed by atoms with Crippen LogP contribution in [0.25, 0.3) is 33.2 Å². The number of anilines is 4. The Morgan fingerprint density at radius 1 is 0.629 bits per heavy atom. The van der Waals surface area contributed by atoms with E-state index in [9.17, 15) is 55.0 Å². The van der Waals surface area contributed by atoms with Crippen LogP contribution >= 0.6 is 34.3 Å². The Kier molecular flexibility index (Phi) is 18.4. The first-order valence-electron chi connectivity index (χ1n) is 19.1. The van der Waals surface area contributed by atoms with Gasteiger partial charge in [0.2, 0.25) is 0 Å². The number of hydrogen-bond acceptors (Lipinski definition) is 14. The molecule has 29 heteroatoms. The number of nitrogens with one attached hydrogen (secondary N) is 6. The van der Waals surface area contributed by atoms with Gasteiger partial charge in [0.15, 0.2) is 0 Å². The smallest absolute Gasteiger partial charge is 0.845 e. The van der Waals surface area contributed by atoms with Crippen LogP contribution in [-0.2, 0) is 20.0 Å². The van der Waals surface area contributed by atoms with Gasteiger partial charge >= 0.3 is 92.3 Å². The van der Waals surface area contributed by atoms with Gasteiger partial charge in [-0.2, -0.15) is 25.6 Å². The zero-order valence-electron chi connectivity index (χ0n) is 36.9. The zero-order chi connectivity index (χ0) is 49.2. The van der Waals surface area contributed by atoms with Crippen molar-refractivity contribution in [2.45, 2.75) is 15.3 Å². The van der Waals surface area contributed by atoms with Gasteiger partial charge in [-0.25, -0.2) is 27.5 Å². The van der Waals surface area contributed by atoms with Gasteiger partial charge in [0.25, 0.3) is 31.2 Å². The second-order valence-corrected chi connectivity index (χ2v) is 20.6. The number of thiophene rings is 2. The van der Waals surface area contributed by atoms with E-state index in [1.54, 1.807) is 13.0 Å². The first-order valence-corrected chi connectivity index (χ1v) is 24.0. The summed E-state index contributed by atoms with van der Waals surface area (Å²) in [4.78, 5) is 56.6. The number of aromatic amines is 2. The van der Waals surface area contributed by atoms with Gasteiger partial charge in [0.1, 0.15) is 20.1 Å². The van der Waals surface area contributed by atoms with Crippen LogP contribution in [0, 0.1) is 18.6 Å². The Morgan fingerprint density at radius 2 is 1.01 bits per heavy atom. The predicted molar refractivity (Wildman–Crippen MR) is 254 cm³/mol. The SMILES string of the molecule is CNc1cc2[nH]c(=O)n(-c3ccc(NC([O-])=NS(=O)(=O)c4ccc(C)s4)cc3)c(=O)c2cc1F.CNc1cc2[nH]c(=O)n(-c3ccc(NC([O-])=NS(=O)(=O)c4ccc(Cl)s4)cc3)c(=O)c2cc1F.[K+].[Na+]. The van der Waals surface area contributed by atoms with Gasteiger partial charge in [0, 0.05) is 30.3 Å². The minimum absolute atomic E-state index is 0. The molecule has 0 saturated heterocycles. The van der Waals surface area contributed by atoms with Crippen LogP contribution in [0.4, 0.5) is 31.5 Å². The molecule has 0 fully saturated rings. The van der Waals surface area contributed by atoms with Crippen molar-refractivity contribution in [3.05, 3.63) is 160 Å². The molecule has 4 aromatic carbocycles. The van der Waals surface area contributed by atoms with Gasteiger partial charge in [-0.3, -0.25) is 9.59 Å². The quantitative estimate of drug-likeness (QED) is 0.0484. The minimum Gasteiger partial charge on any atom is -0.845 e. The fourth-order valence-electron chi connectivity index (χ4n) is 6.30. The summed E-state index contributed by atoms with van der Waals surface area (Å²) in [6.45, 7) is 1.73. The number of amidine groups is 2. The largest absolute Gasteiger partial charge is 1.00 e. The molecular weight excluding hydrogens is 1060 g/mol. The molecule has 352 valence electrons. The Hall–Kier alpha value is -5.01. The van der Waals surface area contributed by atoms with Crippen LogP contribution < -0.4 is 135 Å². The Labute approximate surface area is 471 Å². The Morgan fingerprint density at radius 3 is 1.36 bits per heavy atom. The number of benzene rings is 4. The van der Waals surface area contributed by atoms with Crippen molar-refractivity contribution in [3.8, 4) is 11.4 Å². The normalized spacial score (nSPS) is 11.8. The summed E-state index contributed by atoms with van der Waals surface area (Å²) < 4.78 is 85.0. The molecule has 0 atom stereocenters. The number of nitrogens with zero attached hydrogens (tertiary/aromatic N) is 4. The van der Waals surface area contributed by atoms with Crippen molar-refractivity contribution < 1.29 is 117 Å². The molecule has 0 bridgehead atoms. The average Bonchev–Trinajstić information content (AvgIpc) is 3.94. The van der Waals surface area contributed by atoms with Crippen molar-refractivity contribution >= 4 is 111 Å². The molecule has 0 radical (unpaired) electrons. The third-order valence-electron chi connectivity index (χ3n) is 9.44. The monoisotopic (exact) mass is 1090 g/mol. The van der Waals surface area contributed by atoms with Crippen molar-refractivity contribution in [3.63, 3.8) is 0 Å². The number of aryl methyl sites for hydroxylation is 1. The summed E-state index contributed by atoms with van der Waals surface area (Å²) >= 11 is 7.47. The van der Waals surface area contributed by atoms with E-state index in [-0.39, 0.29) is 150 Å². The van der Waals surface area contributed by atoms with Crippen molar-refractivity contribution in [2.24, 2.45) is 8.80 Å². The van der Waals surface area contributed by atoms with Crippen LogP contribution in [0.15, 0.2) is 133 Å². The molecule has 0 aliphatic carbocycles. The van der Waals surface area contributed by atoms with Crippen LogP contribution in [0.5, 0.6) is 0 Å². The third-order valence-corrected chi connectivity index (χ3v) is 15.1. The van der Waals surface area contributed by atoms with Gasteiger partial charge in [-0.1, -0.05) is 11.6 Å². The van der Waals surface area contributed by atoms with Crippen LogP contribution in [-0.4, -0.2) is 62.1 Å². The molecule has 4 heterocycles. The van der Waals surface area contributed by atoms with Gasteiger partial charge in [-0.15, -0.1) is 22.7 Å². The second kappa shape index (κ2) is 23.0. The molecule has 0 aliphatic rings. The maximum atomic E-state index is 14.1. The summed E-state index contributed by atoms with van der Waals surface area (Å²) in [5, 5.41) is 34.0. The molecule has 8 rings (SSSR count). The molecule has 6 N–H and O–H groups in total. The minimum atomic E-state index is -4.23. The summed E-state index contributed by atoms with van der Waals surface area (Å²) in [5.74, 6) is -1.31. The average molecular weight is 1090 g/mol. The molecule has 0 aliphatic heterocycles. The molecular formula is C41H31ClF2KN10NaO10S4. The number of halogens is 3. The Bertz CT molecular complexity index is 3580. The van der Waals surface area contributed by atoms with E-state index >= 15 is 0 Å². The van der Waals surface area contributed by atoms with E-state index in [2.05, 4.69) is 40.0 Å². The molecule has 0 spiro atoms. The van der Waals surface area contributed by atoms with E-state index in [1.807, 2.05) is 0 Å². The van der Waals surface area contributed by atoms with E-state index in [4.69, 9.17) is 11.6 Å². The summed E-state index contributed by atoms with van der Waals surface area (Å²) in [5.41, 5.74) is -1.75.